The summed E-state index contributed by atoms with van der Waals surface area (Å²) in [5, 5.41) is 11.2. The Balaban J connectivity index is 2.28. The summed E-state index contributed by atoms with van der Waals surface area (Å²) in [4.78, 5) is 23.8. The van der Waals surface area contributed by atoms with Gasteiger partial charge in [-0.3, -0.25) is 4.79 Å². The molecule has 0 saturated heterocycles. The molecule has 9 heteroatoms. The molecule has 0 fully saturated rings. The molecule has 0 atom stereocenters. The van der Waals surface area contributed by atoms with E-state index in [2.05, 4.69) is 5.32 Å². The number of carboxylic acids is 1. The fourth-order valence-electron chi connectivity index (χ4n) is 1.96. The van der Waals surface area contributed by atoms with Gasteiger partial charge in [-0.15, -0.1) is 0 Å². The molecular weight excluding hydrogens is 348 g/mol. The summed E-state index contributed by atoms with van der Waals surface area (Å²) < 4.78 is 28.5. The molecule has 0 aromatic heterocycles. The van der Waals surface area contributed by atoms with Gasteiger partial charge < -0.3 is 20.1 Å². The molecule has 0 aliphatic carbocycles. The molecular formula is C16H24N2O6S. The lowest BCUT2D eigenvalue weighted by molar-refractivity contribution is -0.137. The van der Waals surface area contributed by atoms with E-state index in [0.29, 0.717) is 38.3 Å². The van der Waals surface area contributed by atoms with Crippen LogP contribution >= 0.6 is 0 Å². The SMILES string of the molecule is CN(CCCOc1cccc(S(C)(=O)=O)c1)C(=O)NCCCC(=O)O. The number of sulfone groups is 1. The van der Waals surface area contributed by atoms with E-state index in [-0.39, 0.29) is 17.3 Å². The maximum atomic E-state index is 11.8. The molecule has 0 saturated carbocycles. The summed E-state index contributed by atoms with van der Waals surface area (Å²) in [6.07, 6.45) is 2.11. The molecule has 0 heterocycles. The van der Waals surface area contributed by atoms with Crippen molar-refractivity contribution in [2.75, 3.05) is 33.0 Å². The first-order valence-corrected chi connectivity index (χ1v) is 9.73. The van der Waals surface area contributed by atoms with Crippen LogP contribution in [0.1, 0.15) is 19.3 Å². The largest absolute Gasteiger partial charge is 0.493 e. The first kappa shape index (κ1) is 20.8. The van der Waals surface area contributed by atoms with Crippen molar-refractivity contribution in [3.8, 4) is 5.75 Å². The van der Waals surface area contributed by atoms with Gasteiger partial charge in [-0.05, 0) is 31.0 Å². The molecule has 0 aliphatic rings. The van der Waals surface area contributed by atoms with E-state index in [9.17, 15) is 18.0 Å². The normalized spacial score (nSPS) is 11.0. The zero-order valence-corrected chi connectivity index (χ0v) is 15.2. The number of nitrogens with zero attached hydrogens (tertiary/aromatic N) is 1. The van der Waals surface area contributed by atoms with Crippen molar-refractivity contribution < 1.29 is 27.9 Å². The molecule has 0 aliphatic heterocycles. The highest BCUT2D eigenvalue weighted by molar-refractivity contribution is 7.90. The predicted molar refractivity (Wildman–Crippen MR) is 92.6 cm³/mol. The highest BCUT2D eigenvalue weighted by Crippen LogP contribution is 2.17. The van der Waals surface area contributed by atoms with E-state index in [1.54, 1.807) is 19.2 Å². The first-order chi connectivity index (χ1) is 11.7. The Hall–Kier alpha value is -2.29. The third-order valence-electron chi connectivity index (χ3n) is 3.33. The van der Waals surface area contributed by atoms with E-state index in [0.717, 1.165) is 6.26 Å². The van der Waals surface area contributed by atoms with Gasteiger partial charge in [-0.2, -0.15) is 0 Å². The van der Waals surface area contributed by atoms with Gasteiger partial charge in [-0.25, -0.2) is 13.2 Å². The van der Waals surface area contributed by atoms with Crippen LogP contribution in [0.25, 0.3) is 0 Å². The van der Waals surface area contributed by atoms with Crippen LogP contribution in [0.5, 0.6) is 5.75 Å². The zero-order chi connectivity index (χ0) is 18.9. The lowest BCUT2D eigenvalue weighted by atomic mass is 10.3. The minimum Gasteiger partial charge on any atom is -0.493 e. The molecule has 1 rings (SSSR count). The second kappa shape index (κ2) is 9.87. The maximum Gasteiger partial charge on any atom is 0.317 e. The van der Waals surface area contributed by atoms with Crippen molar-refractivity contribution in [3.63, 3.8) is 0 Å². The van der Waals surface area contributed by atoms with Crippen molar-refractivity contribution >= 4 is 21.8 Å². The summed E-state index contributed by atoms with van der Waals surface area (Å²) in [5.74, 6) is -0.427. The van der Waals surface area contributed by atoms with Gasteiger partial charge in [-0.1, -0.05) is 6.07 Å². The third-order valence-corrected chi connectivity index (χ3v) is 4.44. The van der Waals surface area contributed by atoms with Crippen LogP contribution in [0.2, 0.25) is 0 Å². The molecule has 0 spiro atoms. The Labute approximate surface area is 147 Å². The number of hydrogen-bond donors (Lipinski definition) is 2. The highest BCUT2D eigenvalue weighted by Gasteiger charge is 2.09. The van der Waals surface area contributed by atoms with Crippen molar-refractivity contribution in [3.05, 3.63) is 24.3 Å². The number of hydrogen-bond acceptors (Lipinski definition) is 5. The van der Waals surface area contributed by atoms with Gasteiger partial charge >= 0.3 is 12.0 Å². The molecule has 0 bridgehead atoms. The number of ether oxygens (including phenoxy) is 1. The van der Waals surface area contributed by atoms with Crippen LogP contribution in [0.4, 0.5) is 4.79 Å². The van der Waals surface area contributed by atoms with Crippen LogP contribution in [0, 0.1) is 0 Å². The quantitative estimate of drug-likeness (QED) is 0.600. The van der Waals surface area contributed by atoms with Crippen molar-refractivity contribution in [2.24, 2.45) is 0 Å². The first-order valence-electron chi connectivity index (χ1n) is 7.84. The highest BCUT2D eigenvalue weighted by atomic mass is 32.2. The van der Waals surface area contributed by atoms with Gasteiger partial charge in [0.05, 0.1) is 11.5 Å². The van der Waals surface area contributed by atoms with Crippen molar-refractivity contribution in [2.45, 2.75) is 24.2 Å². The summed E-state index contributed by atoms with van der Waals surface area (Å²) in [6, 6.07) is 5.99. The number of carbonyl (C=O) groups excluding carboxylic acids is 1. The number of benzene rings is 1. The number of rotatable bonds is 10. The summed E-state index contributed by atoms with van der Waals surface area (Å²) >= 11 is 0. The second-order valence-corrected chi connectivity index (χ2v) is 7.62. The molecule has 8 nitrogen and oxygen atoms in total. The number of carboxylic acid groups (broad SMARTS) is 1. The third kappa shape index (κ3) is 8.39. The molecule has 0 unspecified atom stereocenters. The smallest absolute Gasteiger partial charge is 0.317 e. The lowest BCUT2D eigenvalue weighted by Gasteiger charge is -2.18. The number of aliphatic carboxylic acids is 1. The molecule has 140 valence electrons. The predicted octanol–water partition coefficient (Wildman–Crippen LogP) is 1.37. The maximum absolute atomic E-state index is 11.8. The van der Waals surface area contributed by atoms with Gasteiger partial charge in [0.15, 0.2) is 9.84 Å². The van der Waals surface area contributed by atoms with Crippen LogP contribution in [-0.2, 0) is 14.6 Å². The minimum absolute atomic E-state index is 0.0182. The zero-order valence-electron chi connectivity index (χ0n) is 14.4. The second-order valence-electron chi connectivity index (χ2n) is 5.60. The molecule has 2 N–H and O–H groups in total. The van der Waals surface area contributed by atoms with E-state index in [4.69, 9.17) is 9.84 Å². The topological polar surface area (TPSA) is 113 Å². The monoisotopic (exact) mass is 372 g/mol. The van der Waals surface area contributed by atoms with Crippen LogP contribution < -0.4 is 10.1 Å². The fraction of sp³-hybridized carbons (Fsp3) is 0.500. The van der Waals surface area contributed by atoms with Crippen LogP contribution in [0.3, 0.4) is 0 Å². The number of urea groups is 1. The summed E-state index contributed by atoms with van der Waals surface area (Å²) in [5.41, 5.74) is 0. The van der Waals surface area contributed by atoms with Gasteiger partial charge in [0.1, 0.15) is 5.75 Å². The van der Waals surface area contributed by atoms with Gasteiger partial charge in [0, 0.05) is 32.8 Å². The van der Waals surface area contributed by atoms with Gasteiger partial charge in [0.25, 0.3) is 0 Å². The number of amides is 2. The molecule has 2 amide bonds. The lowest BCUT2D eigenvalue weighted by Crippen LogP contribution is -2.38. The van der Waals surface area contributed by atoms with Crippen LogP contribution in [-0.4, -0.2) is 63.4 Å². The standard InChI is InChI=1S/C16H24N2O6S/c1-18(16(21)17-9-4-8-15(19)20)10-5-11-24-13-6-3-7-14(12-13)25(2,22)23/h3,6-7,12H,4-5,8-11H2,1-2H3,(H,17,21)(H,19,20). The van der Waals surface area contributed by atoms with Gasteiger partial charge in [0.2, 0.25) is 0 Å². The minimum atomic E-state index is -3.28. The Morgan fingerprint density at radius 3 is 2.64 bits per heavy atom. The Morgan fingerprint density at radius 1 is 1.28 bits per heavy atom. The van der Waals surface area contributed by atoms with Crippen molar-refractivity contribution in [1.29, 1.82) is 0 Å². The number of carbonyl (C=O) groups is 2. The van der Waals surface area contributed by atoms with E-state index in [1.165, 1.54) is 17.0 Å². The van der Waals surface area contributed by atoms with Crippen LogP contribution in [0.15, 0.2) is 29.2 Å². The Morgan fingerprint density at radius 2 is 2.00 bits per heavy atom. The van der Waals surface area contributed by atoms with Crippen molar-refractivity contribution in [1.82, 2.24) is 10.2 Å². The molecule has 1 aromatic rings. The summed E-state index contributed by atoms with van der Waals surface area (Å²) in [6.45, 7) is 1.10. The average molecular weight is 372 g/mol. The molecule has 0 radical (unpaired) electrons. The van der Waals surface area contributed by atoms with E-state index >= 15 is 0 Å². The fourth-order valence-corrected chi connectivity index (χ4v) is 2.61. The van der Waals surface area contributed by atoms with E-state index in [1.807, 2.05) is 0 Å². The average Bonchev–Trinajstić information content (AvgIpc) is 2.54. The molecule has 1 aromatic carbocycles. The molecule has 25 heavy (non-hydrogen) atoms. The Kier molecular flexibility index (Phi) is 8.20. The number of nitrogens with one attached hydrogen (secondary N) is 1. The Bertz CT molecular complexity index is 690. The summed E-state index contributed by atoms with van der Waals surface area (Å²) in [7, 11) is -1.64. The van der Waals surface area contributed by atoms with E-state index < -0.39 is 15.8 Å².